The third kappa shape index (κ3) is 3.97. The van der Waals surface area contributed by atoms with E-state index in [2.05, 4.69) is 25.7 Å². The first kappa shape index (κ1) is 20.1. The number of nitrogens with one attached hydrogen (secondary N) is 2. The summed E-state index contributed by atoms with van der Waals surface area (Å²) in [6.07, 6.45) is 3.05. The molecule has 9 nitrogen and oxygen atoms in total. The van der Waals surface area contributed by atoms with E-state index in [4.69, 9.17) is 9.47 Å². The SMILES string of the molecule is COc1cc2ncnc(Nc3ccc(NC(=O)c4cnn(C)c4C)cc3)c2cc1OC. The summed E-state index contributed by atoms with van der Waals surface area (Å²) in [5, 5.41) is 11.1. The van der Waals surface area contributed by atoms with Gasteiger partial charge in [0.2, 0.25) is 0 Å². The second kappa shape index (κ2) is 8.31. The number of benzene rings is 2. The van der Waals surface area contributed by atoms with Gasteiger partial charge in [0.05, 0.1) is 31.5 Å². The van der Waals surface area contributed by atoms with Gasteiger partial charge in [-0.25, -0.2) is 9.97 Å². The number of nitrogens with zero attached hydrogens (tertiary/aromatic N) is 4. The Balaban J connectivity index is 1.54. The second-order valence-corrected chi connectivity index (χ2v) is 6.87. The number of rotatable bonds is 6. The molecule has 1 amide bonds. The molecule has 0 saturated carbocycles. The first-order chi connectivity index (χ1) is 15.0. The lowest BCUT2D eigenvalue weighted by Crippen LogP contribution is -2.12. The van der Waals surface area contributed by atoms with Crippen molar-refractivity contribution in [2.75, 3.05) is 24.9 Å². The lowest BCUT2D eigenvalue weighted by atomic mass is 10.2. The Hall–Kier alpha value is -4.14. The van der Waals surface area contributed by atoms with Crippen molar-refractivity contribution in [3.63, 3.8) is 0 Å². The third-order valence-electron chi connectivity index (χ3n) is 5.03. The van der Waals surface area contributed by atoms with Gasteiger partial charge in [0.15, 0.2) is 11.5 Å². The molecule has 2 heterocycles. The monoisotopic (exact) mass is 418 g/mol. The zero-order valence-electron chi connectivity index (χ0n) is 17.6. The molecule has 2 N–H and O–H groups in total. The maximum Gasteiger partial charge on any atom is 0.259 e. The molecule has 0 saturated heterocycles. The summed E-state index contributed by atoms with van der Waals surface area (Å²) in [4.78, 5) is 21.1. The van der Waals surface area contributed by atoms with Crippen molar-refractivity contribution < 1.29 is 14.3 Å². The molecule has 0 radical (unpaired) electrons. The fourth-order valence-corrected chi connectivity index (χ4v) is 3.18. The Morgan fingerprint density at radius 2 is 1.68 bits per heavy atom. The molecule has 31 heavy (non-hydrogen) atoms. The van der Waals surface area contributed by atoms with Gasteiger partial charge >= 0.3 is 0 Å². The minimum absolute atomic E-state index is 0.200. The molecule has 0 fully saturated rings. The van der Waals surface area contributed by atoms with Crippen molar-refractivity contribution in [2.45, 2.75) is 6.92 Å². The molecule has 2 aromatic carbocycles. The topological polar surface area (TPSA) is 103 Å². The molecule has 0 spiro atoms. The van der Waals surface area contributed by atoms with Crippen molar-refractivity contribution >= 4 is 34.0 Å². The summed E-state index contributed by atoms with van der Waals surface area (Å²) in [5.74, 6) is 1.63. The molecule has 0 aliphatic heterocycles. The number of hydrogen-bond acceptors (Lipinski definition) is 7. The summed E-state index contributed by atoms with van der Waals surface area (Å²) in [7, 11) is 4.97. The molecule has 9 heteroatoms. The van der Waals surface area contributed by atoms with Gasteiger partial charge in [-0.3, -0.25) is 9.48 Å². The molecular formula is C22H22N6O3. The van der Waals surface area contributed by atoms with Gasteiger partial charge < -0.3 is 20.1 Å². The van der Waals surface area contributed by atoms with Crippen LogP contribution in [-0.2, 0) is 7.05 Å². The minimum Gasteiger partial charge on any atom is -0.493 e. The highest BCUT2D eigenvalue weighted by Crippen LogP contribution is 2.34. The first-order valence-corrected chi connectivity index (χ1v) is 9.54. The van der Waals surface area contributed by atoms with Crippen molar-refractivity contribution in [1.82, 2.24) is 19.7 Å². The van der Waals surface area contributed by atoms with Crippen molar-refractivity contribution in [1.29, 1.82) is 0 Å². The molecule has 4 aromatic rings. The minimum atomic E-state index is -0.200. The van der Waals surface area contributed by atoms with Crippen LogP contribution in [0, 0.1) is 6.92 Å². The zero-order chi connectivity index (χ0) is 22.0. The van der Waals surface area contributed by atoms with Crippen LogP contribution >= 0.6 is 0 Å². The third-order valence-corrected chi connectivity index (χ3v) is 5.03. The van der Waals surface area contributed by atoms with Crippen LogP contribution in [0.25, 0.3) is 10.9 Å². The standard InChI is InChI=1S/C22H22N6O3/c1-13-17(11-25-28(13)2)22(29)27-15-7-5-14(6-8-15)26-21-16-9-19(30-3)20(31-4)10-18(16)23-12-24-21/h5-12H,1-4H3,(H,27,29)(H,23,24,26). The molecule has 158 valence electrons. The maximum absolute atomic E-state index is 12.5. The van der Waals surface area contributed by atoms with E-state index in [9.17, 15) is 4.79 Å². The van der Waals surface area contributed by atoms with E-state index in [0.717, 1.165) is 22.3 Å². The number of aryl methyl sites for hydroxylation is 1. The Kier molecular flexibility index (Phi) is 5.40. The number of hydrogen-bond donors (Lipinski definition) is 2. The Labute approximate surface area is 179 Å². The summed E-state index contributed by atoms with van der Waals surface area (Å²) >= 11 is 0. The van der Waals surface area contributed by atoms with E-state index in [1.54, 1.807) is 38.2 Å². The molecule has 0 unspecified atom stereocenters. The first-order valence-electron chi connectivity index (χ1n) is 9.54. The number of ether oxygens (including phenoxy) is 2. The highest BCUT2D eigenvalue weighted by molar-refractivity contribution is 6.05. The largest absolute Gasteiger partial charge is 0.493 e. The van der Waals surface area contributed by atoms with Crippen LogP contribution < -0.4 is 20.1 Å². The van der Waals surface area contributed by atoms with E-state index < -0.39 is 0 Å². The van der Waals surface area contributed by atoms with E-state index >= 15 is 0 Å². The van der Waals surface area contributed by atoms with Crippen LogP contribution in [-0.4, -0.2) is 39.9 Å². The van der Waals surface area contributed by atoms with Gasteiger partial charge in [0, 0.05) is 35.6 Å². The summed E-state index contributed by atoms with van der Waals surface area (Å²) in [6, 6.07) is 11.0. The zero-order valence-corrected chi connectivity index (χ0v) is 17.6. The highest BCUT2D eigenvalue weighted by Gasteiger charge is 2.14. The van der Waals surface area contributed by atoms with Crippen molar-refractivity contribution in [2.24, 2.45) is 7.05 Å². The molecule has 4 rings (SSSR count). The average Bonchev–Trinajstić information content (AvgIpc) is 3.12. The lowest BCUT2D eigenvalue weighted by molar-refractivity contribution is 0.102. The Morgan fingerprint density at radius 1 is 1.00 bits per heavy atom. The van der Waals surface area contributed by atoms with Crippen LogP contribution in [0.5, 0.6) is 11.5 Å². The van der Waals surface area contributed by atoms with Crippen LogP contribution in [0.15, 0.2) is 48.9 Å². The number of fused-ring (bicyclic) bond motifs is 1. The predicted octanol–water partition coefficient (Wildman–Crippen LogP) is 3.68. The van der Waals surface area contributed by atoms with E-state index in [1.807, 2.05) is 37.3 Å². The summed E-state index contributed by atoms with van der Waals surface area (Å²) in [6.45, 7) is 1.85. The molecule has 2 aromatic heterocycles. The normalized spacial score (nSPS) is 10.7. The van der Waals surface area contributed by atoms with Gasteiger partial charge in [-0.1, -0.05) is 0 Å². The molecule has 0 bridgehead atoms. The van der Waals surface area contributed by atoms with Gasteiger partial charge in [0.25, 0.3) is 5.91 Å². The fraction of sp³-hybridized carbons (Fsp3) is 0.182. The quantitative estimate of drug-likeness (QED) is 0.492. The Morgan fingerprint density at radius 3 is 2.32 bits per heavy atom. The lowest BCUT2D eigenvalue weighted by Gasteiger charge is -2.12. The number of carbonyl (C=O) groups excluding carboxylic acids is 1. The van der Waals surface area contributed by atoms with Crippen LogP contribution in [0.3, 0.4) is 0 Å². The Bertz CT molecular complexity index is 1250. The number of carbonyl (C=O) groups is 1. The summed E-state index contributed by atoms with van der Waals surface area (Å²) < 4.78 is 12.4. The maximum atomic E-state index is 12.5. The second-order valence-electron chi connectivity index (χ2n) is 6.87. The average molecular weight is 418 g/mol. The van der Waals surface area contributed by atoms with Gasteiger partial charge in [0.1, 0.15) is 12.1 Å². The molecular weight excluding hydrogens is 396 g/mol. The molecule has 0 atom stereocenters. The van der Waals surface area contributed by atoms with Gasteiger partial charge in [-0.15, -0.1) is 0 Å². The van der Waals surface area contributed by atoms with Crippen LogP contribution in [0.4, 0.5) is 17.2 Å². The predicted molar refractivity (Wildman–Crippen MR) is 118 cm³/mol. The van der Waals surface area contributed by atoms with Gasteiger partial charge in [-0.2, -0.15) is 5.10 Å². The van der Waals surface area contributed by atoms with Crippen LogP contribution in [0.2, 0.25) is 0 Å². The smallest absolute Gasteiger partial charge is 0.259 e. The fourth-order valence-electron chi connectivity index (χ4n) is 3.18. The molecule has 0 aliphatic carbocycles. The number of methoxy groups -OCH3 is 2. The van der Waals surface area contributed by atoms with Crippen molar-refractivity contribution in [3.8, 4) is 11.5 Å². The highest BCUT2D eigenvalue weighted by atomic mass is 16.5. The summed E-state index contributed by atoms with van der Waals surface area (Å²) in [5.41, 5.74) is 3.56. The van der Waals surface area contributed by atoms with E-state index in [0.29, 0.717) is 28.6 Å². The van der Waals surface area contributed by atoms with Gasteiger partial charge in [-0.05, 0) is 37.3 Å². The van der Waals surface area contributed by atoms with E-state index in [1.165, 1.54) is 6.33 Å². The van der Waals surface area contributed by atoms with Crippen LogP contribution in [0.1, 0.15) is 16.1 Å². The molecule has 0 aliphatic rings. The number of aromatic nitrogens is 4. The number of anilines is 3. The van der Waals surface area contributed by atoms with E-state index in [-0.39, 0.29) is 5.91 Å². The van der Waals surface area contributed by atoms with Crippen molar-refractivity contribution in [3.05, 3.63) is 60.2 Å². The number of amides is 1.